The highest BCUT2D eigenvalue weighted by molar-refractivity contribution is 5.96. The van der Waals surface area contributed by atoms with E-state index in [0.717, 1.165) is 48.4 Å². The molecule has 6 nitrogen and oxygen atoms in total. The van der Waals surface area contributed by atoms with E-state index in [9.17, 15) is 9.59 Å². The summed E-state index contributed by atoms with van der Waals surface area (Å²) in [5.74, 6) is 0.417. The van der Waals surface area contributed by atoms with Crippen LogP contribution in [0.1, 0.15) is 58.5 Å². The van der Waals surface area contributed by atoms with Crippen LogP contribution >= 0.6 is 0 Å². The van der Waals surface area contributed by atoms with Gasteiger partial charge < -0.3 is 19.7 Å². The second-order valence-electron chi connectivity index (χ2n) is 8.23. The molecule has 1 amide bonds. The second-order valence-corrected chi connectivity index (χ2v) is 8.23. The Kier molecular flexibility index (Phi) is 6.33. The lowest BCUT2D eigenvalue weighted by atomic mass is 9.83. The first-order chi connectivity index (χ1) is 15.5. The number of hydrogen-bond donors (Lipinski definition) is 1. The Morgan fingerprint density at radius 3 is 2.31 bits per heavy atom. The molecule has 1 saturated heterocycles. The SMILES string of the molecule is CCN(CC)C(=O)c1ccc(C2=CC3(CCNCC3)Oc3ccc(C(=O)OC)cc32)cc1. The number of benzene rings is 2. The standard InChI is InChI=1S/C26H30N2O4/c1-4-28(5-2)24(29)19-8-6-18(7-9-19)22-17-26(12-14-27-15-13-26)32-23-11-10-20(16-21(22)23)25(30)31-3/h6-11,16-17,27H,4-5,12-15H2,1-3H3. The van der Waals surface area contributed by atoms with Crippen LogP contribution in [0, 0.1) is 0 Å². The van der Waals surface area contributed by atoms with E-state index in [1.165, 1.54) is 7.11 Å². The summed E-state index contributed by atoms with van der Waals surface area (Å²) < 4.78 is 11.4. The number of methoxy groups -OCH3 is 1. The van der Waals surface area contributed by atoms with Crippen LogP contribution in [-0.2, 0) is 4.74 Å². The van der Waals surface area contributed by atoms with Gasteiger partial charge in [0.25, 0.3) is 5.91 Å². The van der Waals surface area contributed by atoms with Crippen LogP contribution in [0.4, 0.5) is 0 Å². The summed E-state index contributed by atoms with van der Waals surface area (Å²) in [7, 11) is 1.38. The molecule has 0 atom stereocenters. The number of fused-ring (bicyclic) bond motifs is 1. The van der Waals surface area contributed by atoms with Gasteiger partial charge >= 0.3 is 5.97 Å². The van der Waals surface area contributed by atoms with Crippen molar-refractivity contribution in [2.45, 2.75) is 32.3 Å². The molecule has 2 aromatic carbocycles. The number of amides is 1. The Morgan fingerprint density at radius 1 is 1.03 bits per heavy atom. The van der Waals surface area contributed by atoms with E-state index >= 15 is 0 Å². The first-order valence-electron chi connectivity index (χ1n) is 11.3. The van der Waals surface area contributed by atoms with Gasteiger partial charge in [0.05, 0.1) is 12.7 Å². The second kappa shape index (κ2) is 9.17. The number of nitrogens with zero attached hydrogens (tertiary/aromatic N) is 1. The summed E-state index contributed by atoms with van der Waals surface area (Å²) in [6.07, 6.45) is 3.93. The van der Waals surface area contributed by atoms with Gasteiger partial charge in [0.1, 0.15) is 11.4 Å². The van der Waals surface area contributed by atoms with E-state index < -0.39 is 0 Å². The molecule has 0 radical (unpaired) electrons. The van der Waals surface area contributed by atoms with Crippen LogP contribution in [-0.4, -0.2) is 55.7 Å². The van der Waals surface area contributed by atoms with Crippen molar-refractivity contribution in [3.63, 3.8) is 0 Å². The summed E-state index contributed by atoms with van der Waals surface area (Å²) in [6, 6.07) is 13.2. The lowest BCUT2D eigenvalue weighted by molar-refractivity contribution is 0.0599. The number of esters is 1. The summed E-state index contributed by atoms with van der Waals surface area (Å²) in [6.45, 7) is 7.10. The molecule has 2 aliphatic rings. The normalized spacial score (nSPS) is 16.5. The Morgan fingerprint density at radius 2 is 1.69 bits per heavy atom. The number of nitrogens with one attached hydrogen (secondary N) is 1. The van der Waals surface area contributed by atoms with Gasteiger partial charge in [-0.25, -0.2) is 4.79 Å². The molecule has 2 heterocycles. The molecule has 168 valence electrons. The monoisotopic (exact) mass is 434 g/mol. The molecule has 1 N–H and O–H groups in total. The van der Waals surface area contributed by atoms with Gasteiger partial charge in [-0.1, -0.05) is 12.1 Å². The maximum Gasteiger partial charge on any atom is 0.337 e. The van der Waals surface area contributed by atoms with Crippen LogP contribution in [0.2, 0.25) is 0 Å². The molecule has 32 heavy (non-hydrogen) atoms. The van der Waals surface area contributed by atoms with Gasteiger partial charge in [0.2, 0.25) is 0 Å². The zero-order valence-corrected chi connectivity index (χ0v) is 18.9. The van der Waals surface area contributed by atoms with Crippen LogP contribution < -0.4 is 10.1 Å². The van der Waals surface area contributed by atoms with Crippen molar-refractivity contribution in [1.82, 2.24) is 10.2 Å². The lowest BCUT2D eigenvalue weighted by Gasteiger charge is -2.40. The van der Waals surface area contributed by atoms with Crippen LogP contribution in [0.5, 0.6) is 5.75 Å². The van der Waals surface area contributed by atoms with Crippen LogP contribution in [0.15, 0.2) is 48.5 Å². The molecule has 0 aliphatic carbocycles. The zero-order chi connectivity index (χ0) is 22.7. The largest absolute Gasteiger partial charge is 0.482 e. The Bertz CT molecular complexity index is 1030. The predicted octanol–water partition coefficient (Wildman–Crippen LogP) is 3.90. The minimum Gasteiger partial charge on any atom is -0.482 e. The third-order valence-corrected chi connectivity index (χ3v) is 6.35. The molecule has 2 aliphatic heterocycles. The number of ether oxygens (including phenoxy) is 2. The van der Waals surface area contributed by atoms with E-state index in [1.54, 1.807) is 6.07 Å². The van der Waals surface area contributed by atoms with Crippen molar-refractivity contribution in [2.75, 3.05) is 33.3 Å². The van der Waals surface area contributed by atoms with Crippen molar-refractivity contribution in [3.05, 3.63) is 70.8 Å². The molecule has 0 unspecified atom stereocenters. The van der Waals surface area contributed by atoms with Crippen LogP contribution in [0.25, 0.3) is 5.57 Å². The molecule has 1 spiro atoms. The summed E-state index contributed by atoms with van der Waals surface area (Å²) in [5.41, 5.74) is 3.64. The number of carbonyl (C=O) groups excluding carboxylic acids is 2. The number of carbonyl (C=O) groups is 2. The maximum atomic E-state index is 12.7. The average Bonchev–Trinajstić information content (AvgIpc) is 2.84. The fourth-order valence-corrected chi connectivity index (χ4v) is 4.48. The summed E-state index contributed by atoms with van der Waals surface area (Å²) >= 11 is 0. The highest BCUT2D eigenvalue weighted by Gasteiger charge is 2.37. The summed E-state index contributed by atoms with van der Waals surface area (Å²) in [4.78, 5) is 26.7. The van der Waals surface area contributed by atoms with Gasteiger partial charge in [0, 0.05) is 37.1 Å². The van der Waals surface area contributed by atoms with E-state index in [1.807, 2.05) is 55.1 Å². The average molecular weight is 435 g/mol. The molecular formula is C26H30N2O4. The number of piperidine rings is 1. The van der Waals surface area contributed by atoms with E-state index in [0.29, 0.717) is 24.2 Å². The summed E-state index contributed by atoms with van der Waals surface area (Å²) in [5, 5.41) is 3.40. The minimum atomic E-state index is -0.380. The zero-order valence-electron chi connectivity index (χ0n) is 18.9. The van der Waals surface area contributed by atoms with Gasteiger partial charge in [-0.05, 0) is 74.5 Å². The van der Waals surface area contributed by atoms with E-state index in [4.69, 9.17) is 9.47 Å². The molecule has 6 heteroatoms. The lowest BCUT2D eigenvalue weighted by Crippen LogP contribution is -2.46. The molecular weight excluding hydrogens is 404 g/mol. The third-order valence-electron chi connectivity index (χ3n) is 6.35. The highest BCUT2D eigenvalue weighted by atomic mass is 16.5. The molecule has 4 rings (SSSR count). The Labute approximate surface area is 189 Å². The first-order valence-corrected chi connectivity index (χ1v) is 11.3. The molecule has 1 fully saturated rings. The fourth-order valence-electron chi connectivity index (χ4n) is 4.48. The van der Waals surface area contributed by atoms with Crippen molar-refractivity contribution in [1.29, 1.82) is 0 Å². The molecule has 0 aromatic heterocycles. The number of hydrogen-bond acceptors (Lipinski definition) is 5. The Hall–Kier alpha value is -3.12. The minimum absolute atomic E-state index is 0.0331. The topological polar surface area (TPSA) is 67.9 Å². The van der Waals surface area contributed by atoms with Crippen molar-refractivity contribution in [3.8, 4) is 5.75 Å². The van der Waals surface area contributed by atoms with Crippen LogP contribution in [0.3, 0.4) is 0 Å². The number of rotatable bonds is 5. The van der Waals surface area contributed by atoms with E-state index in [2.05, 4.69) is 11.4 Å². The maximum absolute atomic E-state index is 12.7. The van der Waals surface area contributed by atoms with E-state index in [-0.39, 0.29) is 17.5 Å². The Balaban J connectivity index is 1.76. The third kappa shape index (κ3) is 4.15. The van der Waals surface area contributed by atoms with Crippen molar-refractivity contribution >= 4 is 17.4 Å². The quantitative estimate of drug-likeness (QED) is 0.723. The van der Waals surface area contributed by atoms with Crippen molar-refractivity contribution < 1.29 is 19.1 Å². The molecule has 0 saturated carbocycles. The van der Waals surface area contributed by atoms with Gasteiger partial charge in [-0.15, -0.1) is 0 Å². The smallest absolute Gasteiger partial charge is 0.337 e. The van der Waals surface area contributed by atoms with Crippen molar-refractivity contribution in [2.24, 2.45) is 0 Å². The fraction of sp³-hybridized carbons (Fsp3) is 0.385. The van der Waals surface area contributed by atoms with Gasteiger partial charge in [-0.3, -0.25) is 4.79 Å². The first kappa shape index (κ1) is 22.1. The molecule has 0 bridgehead atoms. The highest BCUT2D eigenvalue weighted by Crippen LogP contribution is 2.43. The predicted molar refractivity (Wildman–Crippen MR) is 124 cm³/mol. The van der Waals surface area contributed by atoms with Gasteiger partial charge in [-0.2, -0.15) is 0 Å². The van der Waals surface area contributed by atoms with Gasteiger partial charge in [0.15, 0.2) is 0 Å². The molecule has 2 aromatic rings.